The monoisotopic (exact) mass is 540 g/mol. The summed E-state index contributed by atoms with van der Waals surface area (Å²) in [4.78, 5) is 48.4. The molecule has 3 amide bonds. The summed E-state index contributed by atoms with van der Waals surface area (Å²) < 4.78 is 5.47. The molecular weight excluding hydrogens is 508 g/mol. The number of carbonyl (C=O) groups is 3. The predicted octanol–water partition coefficient (Wildman–Crippen LogP) is 4.46. The molecule has 206 valence electrons. The van der Waals surface area contributed by atoms with Crippen LogP contribution in [-0.4, -0.2) is 81.8 Å². The first-order valence-electron chi connectivity index (χ1n) is 14.2. The van der Waals surface area contributed by atoms with E-state index in [2.05, 4.69) is 6.07 Å². The Morgan fingerprint density at radius 1 is 0.925 bits per heavy atom. The summed E-state index contributed by atoms with van der Waals surface area (Å²) >= 11 is 0. The van der Waals surface area contributed by atoms with Crippen LogP contribution in [0.25, 0.3) is 22.1 Å². The van der Waals surface area contributed by atoms with Gasteiger partial charge in [-0.1, -0.05) is 30.3 Å². The van der Waals surface area contributed by atoms with E-state index in [-0.39, 0.29) is 36.7 Å². The van der Waals surface area contributed by atoms with Crippen LogP contribution in [0.4, 0.5) is 4.79 Å². The van der Waals surface area contributed by atoms with E-state index in [1.807, 2.05) is 52.3 Å². The highest BCUT2D eigenvalue weighted by atomic mass is 16.4. The number of furan rings is 1. The van der Waals surface area contributed by atoms with Crippen molar-refractivity contribution >= 4 is 34.7 Å². The highest BCUT2D eigenvalue weighted by molar-refractivity contribution is 6.15. The number of amidine groups is 1. The summed E-state index contributed by atoms with van der Waals surface area (Å²) in [5, 5.41) is 10.5. The van der Waals surface area contributed by atoms with E-state index >= 15 is 0 Å². The maximum atomic E-state index is 14.0. The third-order valence-electron chi connectivity index (χ3n) is 8.97. The molecule has 1 aliphatic carbocycles. The minimum absolute atomic E-state index is 0.0472. The number of rotatable bonds is 5. The summed E-state index contributed by atoms with van der Waals surface area (Å²) in [6.45, 7) is 2.49. The Hall–Kier alpha value is -4.14. The fourth-order valence-corrected chi connectivity index (χ4v) is 6.43. The molecule has 4 aliphatic rings. The summed E-state index contributed by atoms with van der Waals surface area (Å²) in [6.07, 6.45) is 4.31. The molecule has 2 saturated heterocycles. The van der Waals surface area contributed by atoms with Crippen molar-refractivity contribution in [2.75, 3.05) is 32.7 Å². The molecule has 1 spiro atoms. The van der Waals surface area contributed by atoms with Gasteiger partial charge in [-0.25, -0.2) is 4.79 Å². The molecule has 9 nitrogen and oxygen atoms in total. The number of nitrogens with zero attached hydrogens (tertiary/aromatic N) is 4. The molecule has 3 aromatic rings. The molecule has 1 unspecified atom stereocenters. The van der Waals surface area contributed by atoms with Gasteiger partial charge in [0.25, 0.3) is 5.91 Å². The number of amides is 3. The first-order chi connectivity index (χ1) is 19.4. The average Bonchev–Trinajstić information content (AvgIpc) is 3.43. The first kappa shape index (κ1) is 24.9. The van der Waals surface area contributed by atoms with Crippen molar-refractivity contribution in [1.29, 1.82) is 0 Å². The fourth-order valence-electron chi connectivity index (χ4n) is 6.43. The fraction of sp³-hybridized carbons (Fsp3) is 0.419. The largest absolute Gasteiger partial charge is 0.465 e. The molecule has 0 radical (unpaired) electrons. The van der Waals surface area contributed by atoms with Gasteiger partial charge in [0.15, 0.2) is 0 Å². The predicted molar refractivity (Wildman–Crippen MR) is 149 cm³/mol. The van der Waals surface area contributed by atoms with E-state index in [0.717, 1.165) is 53.5 Å². The summed E-state index contributed by atoms with van der Waals surface area (Å²) in [5.41, 5.74) is 2.90. The average molecular weight is 541 g/mol. The lowest BCUT2D eigenvalue weighted by Gasteiger charge is -2.35. The molecule has 0 bridgehead atoms. The second kappa shape index (κ2) is 9.50. The topological polar surface area (TPSA) is 107 Å². The first-order valence-corrected chi connectivity index (χ1v) is 14.2. The minimum atomic E-state index is -0.961. The second-order valence-electron chi connectivity index (χ2n) is 11.6. The lowest BCUT2D eigenvalue weighted by Crippen LogP contribution is -2.51. The Morgan fingerprint density at radius 3 is 2.38 bits per heavy atom. The van der Waals surface area contributed by atoms with E-state index in [4.69, 9.17) is 9.41 Å². The van der Waals surface area contributed by atoms with Gasteiger partial charge in [0, 0.05) is 49.6 Å². The van der Waals surface area contributed by atoms with Gasteiger partial charge >= 0.3 is 6.09 Å². The van der Waals surface area contributed by atoms with Crippen molar-refractivity contribution in [3.8, 4) is 11.1 Å². The Balaban J connectivity index is 1.16. The molecule has 1 atom stereocenters. The molecule has 2 aromatic carbocycles. The summed E-state index contributed by atoms with van der Waals surface area (Å²) in [5.74, 6) is 1.24. The van der Waals surface area contributed by atoms with Gasteiger partial charge in [-0.2, -0.15) is 0 Å². The number of benzene rings is 2. The number of carbonyl (C=O) groups excluding carboxylic acids is 2. The Kier molecular flexibility index (Phi) is 5.91. The Labute approximate surface area is 232 Å². The van der Waals surface area contributed by atoms with Gasteiger partial charge < -0.3 is 19.3 Å². The highest BCUT2D eigenvalue weighted by Gasteiger charge is 2.51. The van der Waals surface area contributed by atoms with Crippen LogP contribution >= 0.6 is 0 Å². The van der Waals surface area contributed by atoms with Crippen molar-refractivity contribution in [1.82, 2.24) is 14.7 Å². The maximum Gasteiger partial charge on any atom is 0.407 e. The number of likely N-dealkylation sites (tertiary alicyclic amines) is 2. The molecule has 9 heteroatoms. The van der Waals surface area contributed by atoms with Crippen molar-refractivity contribution in [2.24, 2.45) is 16.8 Å². The van der Waals surface area contributed by atoms with Gasteiger partial charge in [0.2, 0.25) is 5.91 Å². The van der Waals surface area contributed by atoms with Crippen molar-refractivity contribution < 1.29 is 23.9 Å². The molecule has 3 fully saturated rings. The van der Waals surface area contributed by atoms with Crippen molar-refractivity contribution in [3.05, 3.63) is 60.4 Å². The van der Waals surface area contributed by atoms with Gasteiger partial charge in [0.05, 0.1) is 6.26 Å². The van der Waals surface area contributed by atoms with E-state index < -0.39 is 11.6 Å². The number of fused-ring (bicyclic) bond motifs is 1. The highest BCUT2D eigenvalue weighted by Crippen LogP contribution is 2.38. The molecule has 7 rings (SSSR count). The number of piperidine rings is 1. The summed E-state index contributed by atoms with van der Waals surface area (Å²) in [6, 6.07) is 16.2. The van der Waals surface area contributed by atoms with Crippen LogP contribution in [0.5, 0.6) is 0 Å². The minimum Gasteiger partial charge on any atom is -0.465 e. The molecule has 1 aromatic heterocycles. The molecule has 1 N–H and O–H groups in total. The zero-order chi connectivity index (χ0) is 27.4. The van der Waals surface area contributed by atoms with Crippen molar-refractivity contribution in [2.45, 2.75) is 37.6 Å². The quantitative estimate of drug-likeness (QED) is 0.514. The van der Waals surface area contributed by atoms with Crippen LogP contribution in [0, 0.1) is 11.8 Å². The zero-order valence-corrected chi connectivity index (χ0v) is 22.3. The van der Waals surface area contributed by atoms with Crippen LogP contribution in [-0.2, 0) is 9.59 Å². The van der Waals surface area contributed by atoms with Crippen LogP contribution in [0.1, 0.15) is 37.7 Å². The van der Waals surface area contributed by atoms with Crippen LogP contribution in [0.3, 0.4) is 0 Å². The second-order valence-corrected chi connectivity index (χ2v) is 11.6. The van der Waals surface area contributed by atoms with E-state index in [1.54, 1.807) is 6.26 Å². The molecule has 40 heavy (non-hydrogen) atoms. The zero-order valence-electron chi connectivity index (χ0n) is 22.3. The Morgan fingerprint density at radius 2 is 1.65 bits per heavy atom. The Bertz CT molecular complexity index is 1510. The normalized spacial score (nSPS) is 22.4. The maximum absolute atomic E-state index is 14.0. The van der Waals surface area contributed by atoms with Crippen LogP contribution in [0.15, 0.2) is 64.2 Å². The third kappa shape index (κ3) is 4.33. The van der Waals surface area contributed by atoms with Gasteiger partial charge in [-0.3, -0.25) is 19.5 Å². The van der Waals surface area contributed by atoms with E-state index in [0.29, 0.717) is 31.8 Å². The van der Waals surface area contributed by atoms with Crippen molar-refractivity contribution in [3.63, 3.8) is 0 Å². The number of carboxylic acid groups (broad SMARTS) is 1. The van der Waals surface area contributed by atoms with Gasteiger partial charge in [0.1, 0.15) is 17.0 Å². The van der Waals surface area contributed by atoms with E-state index in [9.17, 15) is 19.5 Å². The molecule has 4 heterocycles. The number of hydrogen-bond donors (Lipinski definition) is 1. The van der Waals surface area contributed by atoms with Gasteiger partial charge in [-0.15, -0.1) is 0 Å². The molecule has 3 aliphatic heterocycles. The van der Waals surface area contributed by atoms with Crippen LogP contribution in [0.2, 0.25) is 0 Å². The lowest BCUT2D eigenvalue weighted by molar-refractivity contribution is -0.133. The standard InChI is InChI=1S/C31H32N4O5/c36-28(23-5-6-23)34-13-9-20(18-34)19-35-27(32-31(29(35)37)11-14-33(15-12-31)30(38)39)22-3-1-21(2-4-22)24-7-8-26-25(17-24)10-16-40-26/h1-4,7-8,10,16-17,20,23H,5-6,9,11-15,18-19H2,(H,38,39). The van der Waals surface area contributed by atoms with Gasteiger partial charge in [-0.05, 0) is 67.3 Å². The number of hydrogen-bond acceptors (Lipinski definition) is 5. The van der Waals surface area contributed by atoms with Crippen LogP contribution < -0.4 is 0 Å². The lowest BCUT2D eigenvalue weighted by atomic mass is 9.87. The molecular formula is C31H32N4O5. The summed E-state index contributed by atoms with van der Waals surface area (Å²) in [7, 11) is 0. The number of aliphatic imine (C=N–C) groups is 1. The third-order valence-corrected chi connectivity index (χ3v) is 8.97. The van der Waals surface area contributed by atoms with E-state index in [1.165, 1.54) is 4.90 Å². The smallest absolute Gasteiger partial charge is 0.407 e. The molecule has 1 saturated carbocycles. The SMILES string of the molecule is O=C(O)N1CCC2(CC1)N=C(c1ccc(-c3ccc4occc4c3)cc1)N(CC1CCN(C(=O)C3CC3)C1)C2=O.